The molecule has 2 amide bonds. The number of aryl methyl sites for hydroxylation is 1. The first-order valence-electron chi connectivity index (χ1n) is 10.3. The first-order valence-corrected chi connectivity index (χ1v) is 10.3. The summed E-state index contributed by atoms with van der Waals surface area (Å²) >= 11 is 0. The lowest BCUT2D eigenvalue weighted by molar-refractivity contribution is -0.123. The number of amides is 2. The third kappa shape index (κ3) is 6.99. The van der Waals surface area contributed by atoms with Gasteiger partial charge in [0.1, 0.15) is 11.6 Å². The van der Waals surface area contributed by atoms with E-state index in [4.69, 9.17) is 5.73 Å². The fourth-order valence-corrected chi connectivity index (χ4v) is 3.22. The number of benzene rings is 2. The maximum absolute atomic E-state index is 13.8. The third-order valence-electron chi connectivity index (χ3n) is 5.03. The molecule has 2 aromatic carbocycles. The van der Waals surface area contributed by atoms with Crippen molar-refractivity contribution in [2.75, 3.05) is 12.3 Å². The van der Waals surface area contributed by atoms with Crippen LogP contribution in [-0.4, -0.2) is 28.4 Å². The number of aromatic nitrogens is 1. The number of nitrogens with two attached hydrogens (primary N) is 1. The molecular formula is C24H24F2N4O3. The molecule has 0 saturated carbocycles. The minimum atomic E-state index is -1.08. The van der Waals surface area contributed by atoms with Gasteiger partial charge in [-0.2, -0.15) is 0 Å². The molecule has 0 fully saturated rings. The normalized spacial score (nSPS) is 11.6. The summed E-state index contributed by atoms with van der Waals surface area (Å²) < 4.78 is 27.2. The molecule has 0 aliphatic carbocycles. The average molecular weight is 454 g/mol. The monoisotopic (exact) mass is 454 g/mol. The van der Waals surface area contributed by atoms with E-state index in [9.17, 15) is 23.5 Å². The molecule has 5 N–H and O–H groups in total. The second-order valence-electron chi connectivity index (χ2n) is 7.51. The van der Waals surface area contributed by atoms with Gasteiger partial charge in [-0.25, -0.2) is 13.8 Å². The van der Waals surface area contributed by atoms with Gasteiger partial charge in [0.15, 0.2) is 11.6 Å². The fraction of sp³-hybridized carbons (Fsp3) is 0.208. The number of carbonyl (C=O) groups is 2. The Labute approximate surface area is 189 Å². The molecule has 0 spiro atoms. The van der Waals surface area contributed by atoms with Crippen molar-refractivity contribution in [1.82, 2.24) is 15.6 Å². The standard InChI is InChI=1S/C24H24F2N4O3/c25-20-7-6-17(11-21(20)26)19(24(33)30-13-16-4-8-22(27)28-12-16)14-29-23(32)9-5-15-2-1-3-18(31)10-15/h1-4,6-8,10-12,19,31H,5,9,13-14H2,(H2,27,28)(H,29,32)(H,30,33)/t19-/m0/s1. The summed E-state index contributed by atoms with van der Waals surface area (Å²) in [6, 6.07) is 13.1. The molecule has 0 aliphatic heterocycles. The number of phenolic OH excluding ortho intramolecular Hbond substituents is 1. The highest BCUT2D eigenvalue weighted by atomic mass is 19.2. The Morgan fingerprint density at radius 1 is 1.00 bits per heavy atom. The number of phenols is 1. The van der Waals surface area contributed by atoms with Gasteiger partial charge in [0.2, 0.25) is 11.8 Å². The van der Waals surface area contributed by atoms with E-state index in [2.05, 4.69) is 15.6 Å². The Hall–Kier alpha value is -4.01. The number of pyridine rings is 1. The summed E-state index contributed by atoms with van der Waals surface area (Å²) in [6.45, 7) is 0.0491. The Bertz CT molecular complexity index is 1120. The van der Waals surface area contributed by atoms with E-state index in [0.717, 1.165) is 17.7 Å². The van der Waals surface area contributed by atoms with Crippen molar-refractivity contribution in [2.24, 2.45) is 0 Å². The summed E-state index contributed by atoms with van der Waals surface area (Å²) in [5.74, 6) is -3.37. The van der Waals surface area contributed by atoms with Crippen LogP contribution >= 0.6 is 0 Å². The number of aromatic hydroxyl groups is 1. The zero-order valence-electron chi connectivity index (χ0n) is 17.7. The van der Waals surface area contributed by atoms with E-state index in [0.29, 0.717) is 17.8 Å². The van der Waals surface area contributed by atoms with Crippen LogP contribution in [0.1, 0.15) is 29.0 Å². The second kappa shape index (κ2) is 11.0. The Morgan fingerprint density at radius 3 is 2.52 bits per heavy atom. The van der Waals surface area contributed by atoms with Crippen LogP contribution in [0.5, 0.6) is 5.75 Å². The Morgan fingerprint density at radius 2 is 1.82 bits per heavy atom. The van der Waals surface area contributed by atoms with Crippen LogP contribution in [0, 0.1) is 11.6 Å². The van der Waals surface area contributed by atoms with Gasteiger partial charge in [0.05, 0.1) is 5.92 Å². The topological polar surface area (TPSA) is 117 Å². The van der Waals surface area contributed by atoms with Gasteiger partial charge < -0.3 is 21.5 Å². The first kappa shape index (κ1) is 23.6. The number of halogens is 2. The van der Waals surface area contributed by atoms with Crippen LogP contribution < -0.4 is 16.4 Å². The molecule has 1 heterocycles. The molecule has 0 radical (unpaired) electrons. The second-order valence-corrected chi connectivity index (χ2v) is 7.51. The van der Waals surface area contributed by atoms with Crippen LogP contribution in [0.15, 0.2) is 60.8 Å². The van der Waals surface area contributed by atoms with E-state index >= 15 is 0 Å². The summed E-state index contributed by atoms with van der Waals surface area (Å²) in [5.41, 5.74) is 7.28. The molecule has 0 unspecified atom stereocenters. The Kier molecular flexibility index (Phi) is 7.91. The largest absolute Gasteiger partial charge is 0.508 e. The van der Waals surface area contributed by atoms with E-state index in [1.54, 1.807) is 30.3 Å². The highest BCUT2D eigenvalue weighted by molar-refractivity contribution is 5.85. The number of rotatable bonds is 9. The zero-order valence-corrected chi connectivity index (χ0v) is 17.7. The van der Waals surface area contributed by atoms with Crippen molar-refractivity contribution in [1.29, 1.82) is 0 Å². The Balaban J connectivity index is 1.64. The number of anilines is 1. The van der Waals surface area contributed by atoms with Crippen LogP contribution in [0.2, 0.25) is 0 Å². The lowest BCUT2D eigenvalue weighted by Crippen LogP contribution is -2.37. The predicted molar refractivity (Wildman–Crippen MR) is 119 cm³/mol. The van der Waals surface area contributed by atoms with Crippen LogP contribution in [0.3, 0.4) is 0 Å². The van der Waals surface area contributed by atoms with E-state index in [1.165, 1.54) is 18.3 Å². The van der Waals surface area contributed by atoms with Crippen molar-refractivity contribution in [3.05, 3.63) is 89.1 Å². The molecule has 9 heteroatoms. The molecule has 3 aromatic rings. The fourth-order valence-electron chi connectivity index (χ4n) is 3.22. The van der Waals surface area contributed by atoms with Gasteiger partial charge in [0.25, 0.3) is 0 Å². The van der Waals surface area contributed by atoms with Gasteiger partial charge in [-0.3, -0.25) is 9.59 Å². The number of nitrogen functional groups attached to an aromatic ring is 1. The quantitative estimate of drug-likeness (QED) is 0.397. The van der Waals surface area contributed by atoms with Gasteiger partial charge in [-0.05, 0) is 53.4 Å². The van der Waals surface area contributed by atoms with Gasteiger partial charge in [-0.1, -0.05) is 24.3 Å². The van der Waals surface area contributed by atoms with E-state index in [-0.39, 0.29) is 36.7 Å². The molecule has 7 nitrogen and oxygen atoms in total. The predicted octanol–water partition coefficient (Wildman–Crippen LogP) is 2.80. The number of hydrogen-bond donors (Lipinski definition) is 4. The SMILES string of the molecule is Nc1ccc(CNC(=O)[C@@H](CNC(=O)CCc2cccc(O)c2)c2ccc(F)c(F)c2)cn1. The highest BCUT2D eigenvalue weighted by Crippen LogP contribution is 2.19. The lowest BCUT2D eigenvalue weighted by Gasteiger charge is -2.18. The van der Waals surface area contributed by atoms with Crippen molar-refractivity contribution in [3.8, 4) is 5.75 Å². The molecule has 0 saturated heterocycles. The lowest BCUT2D eigenvalue weighted by atomic mass is 9.97. The number of carbonyl (C=O) groups excluding carboxylic acids is 2. The number of hydrogen-bond acceptors (Lipinski definition) is 5. The summed E-state index contributed by atoms with van der Waals surface area (Å²) in [6.07, 6.45) is 2.05. The van der Waals surface area contributed by atoms with Crippen LogP contribution in [0.4, 0.5) is 14.6 Å². The molecule has 0 bridgehead atoms. The maximum atomic E-state index is 13.8. The first-order chi connectivity index (χ1) is 15.8. The minimum Gasteiger partial charge on any atom is -0.508 e. The smallest absolute Gasteiger partial charge is 0.229 e. The number of nitrogens with one attached hydrogen (secondary N) is 2. The molecule has 0 aliphatic rings. The van der Waals surface area contributed by atoms with Gasteiger partial charge >= 0.3 is 0 Å². The van der Waals surface area contributed by atoms with Crippen molar-refractivity contribution in [3.63, 3.8) is 0 Å². The van der Waals surface area contributed by atoms with E-state index < -0.39 is 23.5 Å². The number of nitrogens with zero attached hydrogens (tertiary/aromatic N) is 1. The summed E-state index contributed by atoms with van der Waals surface area (Å²) in [7, 11) is 0. The van der Waals surface area contributed by atoms with Crippen molar-refractivity contribution >= 4 is 17.6 Å². The summed E-state index contributed by atoms with van der Waals surface area (Å²) in [5, 5.41) is 14.9. The highest BCUT2D eigenvalue weighted by Gasteiger charge is 2.23. The van der Waals surface area contributed by atoms with Gasteiger partial charge in [-0.15, -0.1) is 0 Å². The molecule has 1 aromatic heterocycles. The van der Waals surface area contributed by atoms with Crippen molar-refractivity contribution < 1.29 is 23.5 Å². The molecule has 172 valence electrons. The van der Waals surface area contributed by atoms with Crippen LogP contribution in [-0.2, 0) is 22.6 Å². The average Bonchev–Trinajstić information content (AvgIpc) is 2.79. The van der Waals surface area contributed by atoms with Crippen LogP contribution in [0.25, 0.3) is 0 Å². The molecule has 3 rings (SSSR count). The van der Waals surface area contributed by atoms with Crippen molar-refractivity contribution in [2.45, 2.75) is 25.3 Å². The molecule has 33 heavy (non-hydrogen) atoms. The molecular weight excluding hydrogens is 430 g/mol. The molecule has 1 atom stereocenters. The third-order valence-corrected chi connectivity index (χ3v) is 5.03. The maximum Gasteiger partial charge on any atom is 0.229 e. The van der Waals surface area contributed by atoms with E-state index in [1.807, 2.05) is 0 Å². The minimum absolute atomic E-state index is 0.101. The zero-order chi connectivity index (χ0) is 23.8. The van der Waals surface area contributed by atoms with Gasteiger partial charge in [0, 0.05) is 25.7 Å². The summed E-state index contributed by atoms with van der Waals surface area (Å²) in [4.78, 5) is 29.1.